The zero-order valence-electron chi connectivity index (χ0n) is 18.4. The summed E-state index contributed by atoms with van der Waals surface area (Å²) in [6.07, 6.45) is 2.62. The maximum Gasteiger partial charge on any atom is 0.223 e. The summed E-state index contributed by atoms with van der Waals surface area (Å²) < 4.78 is 34.7. The average molecular weight is 454 g/mol. The van der Waals surface area contributed by atoms with Crippen LogP contribution in [0.5, 0.6) is 5.75 Å². The Balaban J connectivity index is 1.80. The minimum Gasteiger partial charge on any atom is -0.483 e. The number of rotatable bonds is 9. The molecule has 2 unspecified atom stereocenters. The topological polar surface area (TPSA) is 69.9 Å². The Kier molecular flexibility index (Phi) is 7.88. The Hall–Kier alpha value is -3.00. The first-order valence-corrected chi connectivity index (χ1v) is 11.2. The van der Waals surface area contributed by atoms with Crippen LogP contribution in [0.2, 0.25) is 0 Å². The molecule has 1 aliphatic heterocycles. The Labute approximate surface area is 192 Å². The molecule has 2 heterocycles. The van der Waals surface area contributed by atoms with E-state index in [2.05, 4.69) is 0 Å². The van der Waals surface area contributed by atoms with Gasteiger partial charge in [0.05, 0.1) is 12.3 Å². The van der Waals surface area contributed by atoms with E-state index in [1.165, 1.54) is 12.1 Å². The molecule has 1 aliphatic rings. The predicted octanol–water partition coefficient (Wildman–Crippen LogP) is 4.19. The fraction of sp³-hybridized carbons (Fsp3) is 0.346. The Morgan fingerprint density at radius 1 is 1.09 bits per heavy atom. The lowest BCUT2D eigenvalue weighted by atomic mass is 10.0. The Morgan fingerprint density at radius 2 is 1.88 bits per heavy atom. The van der Waals surface area contributed by atoms with Crippen molar-refractivity contribution >= 4 is 0 Å². The van der Waals surface area contributed by atoms with Gasteiger partial charge in [0.1, 0.15) is 18.5 Å². The van der Waals surface area contributed by atoms with E-state index >= 15 is 0 Å². The molecule has 0 radical (unpaired) electrons. The van der Waals surface area contributed by atoms with Gasteiger partial charge in [0, 0.05) is 31.0 Å². The first-order chi connectivity index (χ1) is 16.2. The zero-order valence-corrected chi connectivity index (χ0v) is 18.4. The van der Waals surface area contributed by atoms with Crippen molar-refractivity contribution in [1.82, 2.24) is 4.57 Å². The van der Waals surface area contributed by atoms with Crippen LogP contribution in [-0.2, 0) is 22.6 Å². The van der Waals surface area contributed by atoms with Crippen molar-refractivity contribution < 1.29 is 23.7 Å². The van der Waals surface area contributed by atoms with E-state index in [-0.39, 0.29) is 36.5 Å². The van der Waals surface area contributed by atoms with Gasteiger partial charge >= 0.3 is 0 Å². The second-order valence-electron chi connectivity index (χ2n) is 7.92. The number of halogens is 1. The number of nitrogens with zero attached hydrogens (tertiary/aromatic N) is 1. The summed E-state index contributed by atoms with van der Waals surface area (Å²) in [4.78, 5) is 12.9. The predicted molar refractivity (Wildman–Crippen MR) is 121 cm³/mol. The highest BCUT2D eigenvalue weighted by atomic mass is 19.1. The third-order valence-corrected chi connectivity index (χ3v) is 5.60. The number of benzene rings is 2. The van der Waals surface area contributed by atoms with Gasteiger partial charge in [0.25, 0.3) is 0 Å². The number of pyridine rings is 1. The summed E-state index contributed by atoms with van der Waals surface area (Å²) in [5.41, 5.74) is 1.17. The van der Waals surface area contributed by atoms with E-state index in [1.54, 1.807) is 29.0 Å². The van der Waals surface area contributed by atoms with Crippen molar-refractivity contribution in [2.75, 3.05) is 13.2 Å². The van der Waals surface area contributed by atoms with Gasteiger partial charge in [-0.25, -0.2) is 4.39 Å². The molecule has 2 atom stereocenters. The minimum absolute atomic E-state index is 0.0684. The average Bonchev–Trinajstić information content (AvgIpc) is 2.85. The summed E-state index contributed by atoms with van der Waals surface area (Å²) in [7, 11) is 0. The molecule has 0 saturated carbocycles. The molecule has 4 rings (SSSR count). The molecule has 7 heteroatoms. The minimum atomic E-state index is -0.958. The molecule has 6 nitrogen and oxygen atoms in total. The molecule has 0 spiro atoms. The van der Waals surface area contributed by atoms with Gasteiger partial charge < -0.3 is 23.9 Å². The summed E-state index contributed by atoms with van der Waals surface area (Å²) in [6.45, 7) is 0.745. The van der Waals surface area contributed by atoms with E-state index in [4.69, 9.17) is 14.2 Å². The third kappa shape index (κ3) is 5.68. The van der Waals surface area contributed by atoms with Crippen molar-refractivity contribution in [1.29, 1.82) is 0 Å². The van der Waals surface area contributed by atoms with E-state index in [9.17, 15) is 14.3 Å². The highest BCUT2D eigenvalue weighted by Gasteiger charge is 2.30. The fourth-order valence-electron chi connectivity index (χ4n) is 3.96. The maximum atomic E-state index is 15.0. The Morgan fingerprint density at radius 3 is 2.61 bits per heavy atom. The summed E-state index contributed by atoms with van der Waals surface area (Å²) >= 11 is 0. The standard InChI is InChI=1S/C26H28FNO5/c27-21-11-5-4-10-20(21)25(33-23-12-6-7-17-31-23)24-26(22(30)13-14-28(24)15-16-29)32-18-19-8-2-1-3-9-19/h1-5,8-11,13-14,23,25,29H,6-7,12,15-18H2. The second kappa shape index (κ2) is 11.2. The van der Waals surface area contributed by atoms with Crippen LogP contribution in [0, 0.1) is 5.82 Å². The summed E-state index contributed by atoms with van der Waals surface area (Å²) in [6, 6.07) is 17.2. The highest BCUT2D eigenvalue weighted by Crippen LogP contribution is 2.35. The molecule has 2 aromatic carbocycles. The van der Waals surface area contributed by atoms with Crippen LogP contribution in [-0.4, -0.2) is 29.2 Å². The van der Waals surface area contributed by atoms with Gasteiger partial charge in [-0.2, -0.15) is 0 Å². The van der Waals surface area contributed by atoms with Crippen LogP contribution in [0.4, 0.5) is 4.39 Å². The number of hydrogen-bond acceptors (Lipinski definition) is 5. The molecule has 1 saturated heterocycles. The summed E-state index contributed by atoms with van der Waals surface area (Å²) in [5, 5.41) is 9.66. The molecular weight excluding hydrogens is 425 g/mol. The third-order valence-electron chi connectivity index (χ3n) is 5.60. The quantitative estimate of drug-likeness (QED) is 0.526. The smallest absolute Gasteiger partial charge is 0.223 e. The van der Waals surface area contributed by atoms with Crippen LogP contribution in [0.25, 0.3) is 0 Å². The molecule has 33 heavy (non-hydrogen) atoms. The SMILES string of the molecule is O=c1ccn(CCO)c(C(OC2CCCCO2)c2ccccc2F)c1OCc1ccccc1. The van der Waals surface area contributed by atoms with Gasteiger partial charge in [-0.3, -0.25) is 4.79 Å². The number of ether oxygens (including phenoxy) is 3. The molecule has 0 aliphatic carbocycles. The van der Waals surface area contributed by atoms with E-state index in [0.29, 0.717) is 18.7 Å². The number of hydrogen-bond donors (Lipinski definition) is 1. The van der Waals surface area contributed by atoms with Gasteiger partial charge in [0.2, 0.25) is 5.43 Å². The fourth-order valence-corrected chi connectivity index (χ4v) is 3.96. The van der Waals surface area contributed by atoms with Crippen molar-refractivity contribution in [3.63, 3.8) is 0 Å². The molecular formula is C26H28FNO5. The van der Waals surface area contributed by atoms with Crippen LogP contribution in [0.1, 0.15) is 42.2 Å². The molecule has 1 aromatic heterocycles. The van der Waals surface area contributed by atoms with Crippen LogP contribution in [0.3, 0.4) is 0 Å². The second-order valence-corrected chi connectivity index (χ2v) is 7.92. The van der Waals surface area contributed by atoms with Crippen LogP contribution in [0.15, 0.2) is 71.7 Å². The van der Waals surface area contributed by atoms with Gasteiger partial charge in [-0.15, -0.1) is 0 Å². The molecule has 3 aromatic rings. The maximum absolute atomic E-state index is 15.0. The number of aliphatic hydroxyl groups excluding tert-OH is 1. The normalized spacial score (nSPS) is 17.0. The van der Waals surface area contributed by atoms with Crippen molar-refractivity contribution in [3.8, 4) is 5.75 Å². The lowest BCUT2D eigenvalue weighted by Gasteiger charge is -2.30. The molecule has 1 fully saturated rings. The van der Waals surface area contributed by atoms with Gasteiger partial charge in [-0.05, 0) is 30.9 Å². The van der Waals surface area contributed by atoms with Gasteiger partial charge in [0.15, 0.2) is 12.0 Å². The molecule has 0 amide bonds. The van der Waals surface area contributed by atoms with Crippen molar-refractivity contribution in [2.45, 2.75) is 44.8 Å². The first kappa shape index (κ1) is 23.2. The van der Waals surface area contributed by atoms with Crippen LogP contribution >= 0.6 is 0 Å². The van der Waals surface area contributed by atoms with E-state index in [0.717, 1.165) is 18.4 Å². The Bertz CT molecular complexity index is 1100. The van der Waals surface area contributed by atoms with Crippen molar-refractivity contribution in [3.05, 3.63) is 99.7 Å². The first-order valence-electron chi connectivity index (χ1n) is 11.2. The van der Waals surface area contributed by atoms with E-state index < -0.39 is 18.2 Å². The number of aliphatic hydroxyl groups is 1. The largest absolute Gasteiger partial charge is 0.483 e. The van der Waals surface area contributed by atoms with Gasteiger partial charge in [-0.1, -0.05) is 48.5 Å². The zero-order chi connectivity index (χ0) is 23.0. The lowest BCUT2D eigenvalue weighted by molar-refractivity contribution is -0.183. The van der Waals surface area contributed by atoms with E-state index in [1.807, 2.05) is 30.3 Å². The number of aromatic nitrogens is 1. The van der Waals surface area contributed by atoms with Crippen LogP contribution < -0.4 is 10.2 Å². The molecule has 174 valence electrons. The highest BCUT2D eigenvalue weighted by molar-refractivity contribution is 5.38. The van der Waals surface area contributed by atoms with Crippen molar-refractivity contribution in [2.24, 2.45) is 0 Å². The summed E-state index contributed by atoms with van der Waals surface area (Å²) in [5.74, 6) is -0.391. The molecule has 1 N–H and O–H groups in total. The molecule has 0 bridgehead atoms. The lowest BCUT2D eigenvalue weighted by Crippen LogP contribution is -2.29. The monoisotopic (exact) mass is 453 g/mol.